The highest BCUT2D eigenvalue weighted by Crippen LogP contribution is 2.22. The third-order valence-electron chi connectivity index (χ3n) is 4.63. The van der Waals surface area contributed by atoms with Gasteiger partial charge >= 0.3 is 0 Å². The first-order valence-corrected chi connectivity index (χ1v) is 9.10. The van der Waals surface area contributed by atoms with E-state index < -0.39 is 0 Å². The van der Waals surface area contributed by atoms with Crippen LogP contribution in [0.4, 0.5) is 0 Å². The van der Waals surface area contributed by atoms with Gasteiger partial charge in [0.1, 0.15) is 0 Å². The largest absolute Gasteiger partial charge is 0.0654 e. The Kier molecular flexibility index (Phi) is 6.45. The standard InChI is InChI=1S/C23H32/c1-6-7-21(16-23-14-19(4)11-20(5)15-23)8-9-22-12-17(2)10-18(3)13-22/h10-15,21H,6-9,16H2,1-5H3. The van der Waals surface area contributed by atoms with Crippen molar-refractivity contribution in [2.75, 3.05) is 0 Å². The zero-order valence-corrected chi connectivity index (χ0v) is 15.6. The molecule has 0 aliphatic carbocycles. The van der Waals surface area contributed by atoms with Crippen LogP contribution in [0.15, 0.2) is 36.4 Å². The van der Waals surface area contributed by atoms with Crippen molar-refractivity contribution in [1.29, 1.82) is 0 Å². The van der Waals surface area contributed by atoms with E-state index >= 15 is 0 Å². The van der Waals surface area contributed by atoms with Gasteiger partial charge in [-0.2, -0.15) is 0 Å². The molecule has 0 N–H and O–H groups in total. The van der Waals surface area contributed by atoms with Crippen LogP contribution in [0.2, 0.25) is 0 Å². The zero-order chi connectivity index (χ0) is 16.8. The molecule has 0 spiro atoms. The number of hydrogen-bond acceptors (Lipinski definition) is 0. The topological polar surface area (TPSA) is 0 Å². The summed E-state index contributed by atoms with van der Waals surface area (Å²) in [5.74, 6) is 0.794. The van der Waals surface area contributed by atoms with Crippen LogP contribution in [0.3, 0.4) is 0 Å². The molecule has 0 saturated heterocycles. The lowest BCUT2D eigenvalue weighted by atomic mass is 9.88. The van der Waals surface area contributed by atoms with Crippen molar-refractivity contribution >= 4 is 0 Å². The monoisotopic (exact) mass is 308 g/mol. The summed E-state index contributed by atoms with van der Waals surface area (Å²) in [4.78, 5) is 0. The summed E-state index contributed by atoms with van der Waals surface area (Å²) in [6.45, 7) is 11.1. The third kappa shape index (κ3) is 5.86. The Labute approximate surface area is 143 Å². The summed E-state index contributed by atoms with van der Waals surface area (Å²) in [5.41, 5.74) is 8.59. The minimum Gasteiger partial charge on any atom is -0.0654 e. The Balaban J connectivity index is 2.03. The summed E-state index contributed by atoms with van der Waals surface area (Å²) in [7, 11) is 0. The molecular formula is C23H32. The summed E-state index contributed by atoms with van der Waals surface area (Å²) in [6, 6.07) is 14.0. The molecule has 0 aliphatic heterocycles. The SMILES string of the molecule is CCCC(CCc1cc(C)cc(C)c1)Cc1cc(C)cc(C)c1. The summed E-state index contributed by atoms with van der Waals surface area (Å²) in [5, 5.41) is 0. The Morgan fingerprint density at radius 1 is 0.652 bits per heavy atom. The van der Waals surface area contributed by atoms with E-state index in [1.807, 2.05) is 0 Å². The second-order valence-electron chi connectivity index (χ2n) is 7.39. The minimum absolute atomic E-state index is 0.794. The predicted octanol–water partition coefficient (Wildman–Crippen LogP) is 6.51. The average molecular weight is 309 g/mol. The van der Waals surface area contributed by atoms with Gasteiger partial charge in [0, 0.05) is 0 Å². The molecule has 0 nitrogen and oxygen atoms in total. The maximum absolute atomic E-state index is 2.37. The third-order valence-corrected chi connectivity index (χ3v) is 4.63. The lowest BCUT2D eigenvalue weighted by Crippen LogP contribution is -2.07. The van der Waals surface area contributed by atoms with E-state index in [2.05, 4.69) is 71.0 Å². The lowest BCUT2D eigenvalue weighted by Gasteiger charge is -2.17. The van der Waals surface area contributed by atoms with Gasteiger partial charge < -0.3 is 0 Å². The van der Waals surface area contributed by atoms with Crippen LogP contribution in [-0.2, 0) is 12.8 Å². The predicted molar refractivity (Wildman–Crippen MR) is 102 cm³/mol. The highest BCUT2D eigenvalue weighted by Gasteiger charge is 2.10. The minimum atomic E-state index is 0.794. The molecule has 23 heavy (non-hydrogen) atoms. The second kappa shape index (κ2) is 8.34. The Morgan fingerprint density at radius 2 is 1.13 bits per heavy atom. The van der Waals surface area contributed by atoms with Crippen LogP contribution in [0, 0.1) is 33.6 Å². The normalized spacial score (nSPS) is 12.4. The molecular weight excluding hydrogens is 276 g/mol. The number of benzene rings is 2. The van der Waals surface area contributed by atoms with Gasteiger partial charge in [0.05, 0.1) is 0 Å². The van der Waals surface area contributed by atoms with Gasteiger partial charge in [-0.1, -0.05) is 78.4 Å². The van der Waals surface area contributed by atoms with E-state index in [1.54, 1.807) is 0 Å². The lowest BCUT2D eigenvalue weighted by molar-refractivity contribution is 0.443. The molecule has 0 aliphatic rings. The van der Waals surface area contributed by atoms with Crippen LogP contribution in [-0.4, -0.2) is 0 Å². The van der Waals surface area contributed by atoms with Crippen molar-refractivity contribution in [3.63, 3.8) is 0 Å². The fraction of sp³-hybridized carbons (Fsp3) is 0.478. The average Bonchev–Trinajstić information content (AvgIpc) is 2.43. The molecule has 1 atom stereocenters. The van der Waals surface area contributed by atoms with E-state index in [9.17, 15) is 0 Å². The molecule has 2 aromatic carbocycles. The Morgan fingerprint density at radius 3 is 1.61 bits per heavy atom. The molecule has 0 heteroatoms. The molecule has 2 rings (SSSR count). The van der Waals surface area contributed by atoms with E-state index in [-0.39, 0.29) is 0 Å². The van der Waals surface area contributed by atoms with Crippen molar-refractivity contribution in [1.82, 2.24) is 0 Å². The van der Waals surface area contributed by atoms with Crippen molar-refractivity contribution in [3.05, 3.63) is 69.8 Å². The summed E-state index contributed by atoms with van der Waals surface area (Å²) in [6.07, 6.45) is 6.34. The van der Waals surface area contributed by atoms with Gasteiger partial charge in [0.25, 0.3) is 0 Å². The number of hydrogen-bond donors (Lipinski definition) is 0. The Bertz CT molecular complexity index is 596. The van der Waals surface area contributed by atoms with Crippen molar-refractivity contribution in [3.8, 4) is 0 Å². The summed E-state index contributed by atoms with van der Waals surface area (Å²) >= 11 is 0. The molecule has 1 unspecified atom stereocenters. The van der Waals surface area contributed by atoms with Crippen molar-refractivity contribution in [2.24, 2.45) is 5.92 Å². The van der Waals surface area contributed by atoms with E-state index in [0.717, 1.165) is 5.92 Å². The van der Waals surface area contributed by atoms with Crippen molar-refractivity contribution < 1.29 is 0 Å². The van der Waals surface area contributed by atoms with Crippen molar-refractivity contribution in [2.45, 2.75) is 66.7 Å². The molecule has 124 valence electrons. The quantitative estimate of drug-likeness (QED) is 0.547. The van der Waals surface area contributed by atoms with Gasteiger partial charge in [-0.3, -0.25) is 0 Å². The molecule has 0 fully saturated rings. The second-order valence-corrected chi connectivity index (χ2v) is 7.39. The highest BCUT2D eigenvalue weighted by atomic mass is 14.2. The molecule has 0 radical (unpaired) electrons. The van der Waals surface area contributed by atoms with E-state index in [0.29, 0.717) is 0 Å². The summed E-state index contributed by atoms with van der Waals surface area (Å²) < 4.78 is 0. The van der Waals surface area contributed by atoms with Gasteiger partial charge in [0.2, 0.25) is 0 Å². The fourth-order valence-corrected chi connectivity index (χ4v) is 3.86. The van der Waals surface area contributed by atoms with Crippen LogP contribution < -0.4 is 0 Å². The molecule has 0 aromatic heterocycles. The van der Waals surface area contributed by atoms with Gasteiger partial charge in [-0.15, -0.1) is 0 Å². The molecule has 0 heterocycles. The first-order valence-electron chi connectivity index (χ1n) is 9.10. The fourth-order valence-electron chi connectivity index (χ4n) is 3.86. The van der Waals surface area contributed by atoms with Crippen LogP contribution >= 0.6 is 0 Å². The highest BCUT2D eigenvalue weighted by molar-refractivity contribution is 5.30. The van der Waals surface area contributed by atoms with E-state index in [4.69, 9.17) is 0 Å². The maximum Gasteiger partial charge on any atom is -0.0250 e. The van der Waals surface area contributed by atoms with Crippen LogP contribution in [0.1, 0.15) is 59.6 Å². The first kappa shape index (κ1) is 17.8. The van der Waals surface area contributed by atoms with Gasteiger partial charge in [-0.05, 0) is 64.0 Å². The smallest absolute Gasteiger partial charge is 0.0250 e. The van der Waals surface area contributed by atoms with Gasteiger partial charge in [0.15, 0.2) is 0 Å². The Hall–Kier alpha value is -1.56. The molecule has 2 aromatic rings. The van der Waals surface area contributed by atoms with Crippen LogP contribution in [0.25, 0.3) is 0 Å². The number of aryl methyl sites for hydroxylation is 5. The van der Waals surface area contributed by atoms with Gasteiger partial charge in [-0.25, -0.2) is 0 Å². The van der Waals surface area contributed by atoms with Crippen LogP contribution in [0.5, 0.6) is 0 Å². The zero-order valence-electron chi connectivity index (χ0n) is 15.6. The van der Waals surface area contributed by atoms with E-state index in [1.165, 1.54) is 65.5 Å². The maximum atomic E-state index is 2.37. The molecule has 0 saturated carbocycles. The molecule has 0 bridgehead atoms. The first-order chi connectivity index (χ1) is 11.0. The number of rotatable bonds is 7. The molecule has 0 amide bonds.